The average molecular weight is 353 g/mol. The van der Waals surface area contributed by atoms with E-state index in [9.17, 15) is 4.79 Å². The lowest BCUT2D eigenvalue weighted by molar-refractivity contribution is -0.121. The van der Waals surface area contributed by atoms with Crippen molar-refractivity contribution in [2.75, 3.05) is 5.32 Å². The Hall–Kier alpha value is -2.87. The van der Waals surface area contributed by atoms with E-state index in [-0.39, 0.29) is 11.3 Å². The fraction of sp³-hybridized carbons (Fsp3) is 0.240. The number of benzene rings is 3. The zero-order valence-electron chi connectivity index (χ0n) is 15.4. The molecule has 1 saturated carbocycles. The number of hydrogen-bond acceptors (Lipinski definition) is 1. The van der Waals surface area contributed by atoms with Crippen LogP contribution in [0.1, 0.15) is 42.4 Å². The highest BCUT2D eigenvalue weighted by molar-refractivity contribution is 6.00. The summed E-state index contributed by atoms with van der Waals surface area (Å²) in [5.41, 5.74) is 6.96. The number of carbonyl (C=O) groups is 1. The van der Waals surface area contributed by atoms with E-state index in [0.717, 1.165) is 43.4 Å². The van der Waals surface area contributed by atoms with Gasteiger partial charge in [0, 0.05) is 5.69 Å². The van der Waals surface area contributed by atoms with Gasteiger partial charge in [0.15, 0.2) is 0 Å². The van der Waals surface area contributed by atoms with Crippen LogP contribution in [0.5, 0.6) is 0 Å². The summed E-state index contributed by atoms with van der Waals surface area (Å²) in [5, 5.41) is 3.24. The molecule has 1 amide bonds. The van der Waals surface area contributed by atoms with E-state index in [1.807, 2.05) is 24.3 Å². The second-order valence-corrected chi connectivity index (χ2v) is 7.82. The predicted molar refractivity (Wildman–Crippen MR) is 110 cm³/mol. The van der Waals surface area contributed by atoms with E-state index < -0.39 is 0 Å². The van der Waals surface area contributed by atoms with Gasteiger partial charge in [0.25, 0.3) is 0 Å². The number of fused-ring (bicyclic) bond motifs is 3. The van der Waals surface area contributed by atoms with Gasteiger partial charge in [-0.05, 0) is 59.2 Å². The number of hydrogen-bond donors (Lipinski definition) is 1. The van der Waals surface area contributed by atoms with Crippen LogP contribution in [0.4, 0.5) is 5.69 Å². The van der Waals surface area contributed by atoms with Gasteiger partial charge >= 0.3 is 0 Å². The van der Waals surface area contributed by atoms with Crippen LogP contribution in [0.25, 0.3) is 11.1 Å². The van der Waals surface area contributed by atoms with Crippen LogP contribution in [0.2, 0.25) is 0 Å². The van der Waals surface area contributed by atoms with E-state index in [4.69, 9.17) is 0 Å². The molecule has 1 N–H and O–H groups in total. The van der Waals surface area contributed by atoms with Crippen molar-refractivity contribution < 1.29 is 4.79 Å². The molecule has 2 aliphatic rings. The summed E-state index contributed by atoms with van der Waals surface area (Å²) < 4.78 is 0. The van der Waals surface area contributed by atoms with Gasteiger partial charge in [-0.1, -0.05) is 73.5 Å². The quantitative estimate of drug-likeness (QED) is 0.502. The maximum Gasteiger partial charge on any atom is 0.235 e. The first-order chi connectivity index (χ1) is 13.3. The molecule has 2 heteroatoms. The standard InChI is InChI=1S/C25H23NO/c27-24(25(14-6-7-15-25)20-9-2-1-3-10-20)26-21-12-13-23-19(17-21)16-18-8-4-5-11-22(18)23/h1-5,8-13,17H,6-7,14-16H2,(H,26,27). The normalized spacial score (nSPS) is 16.6. The summed E-state index contributed by atoms with van der Waals surface area (Å²) in [6, 6.07) is 25.2. The van der Waals surface area contributed by atoms with Gasteiger partial charge in [-0.2, -0.15) is 0 Å². The van der Waals surface area contributed by atoms with Gasteiger partial charge in [0.05, 0.1) is 5.41 Å². The van der Waals surface area contributed by atoms with Gasteiger partial charge in [-0.25, -0.2) is 0 Å². The van der Waals surface area contributed by atoms with E-state index in [2.05, 4.69) is 53.8 Å². The van der Waals surface area contributed by atoms with Crippen LogP contribution >= 0.6 is 0 Å². The molecule has 0 atom stereocenters. The molecule has 0 heterocycles. The summed E-state index contributed by atoms with van der Waals surface area (Å²) in [5.74, 6) is 0.140. The second kappa shape index (κ2) is 6.38. The third kappa shape index (κ3) is 2.68. The summed E-state index contributed by atoms with van der Waals surface area (Å²) in [6.45, 7) is 0. The Labute approximate surface area is 160 Å². The first kappa shape index (κ1) is 16.3. The molecule has 3 aromatic rings. The first-order valence-electron chi connectivity index (χ1n) is 9.84. The molecule has 0 spiro atoms. The molecule has 0 aromatic heterocycles. The monoisotopic (exact) mass is 353 g/mol. The molecule has 0 bridgehead atoms. The molecule has 134 valence electrons. The summed E-state index contributed by atoms with van der Waals surface area (Å²) in [4.78, 5) is 13.3. The van der Waals surface area contributed by atoms with Crippen LogP contribution in [0, 0.1) is 0 Å². The maximum absolute atomic E-state index is 13.3. The van der Waals surface area contributed by atoms with Crippen molar-refractivity contribution in [3.8, 4) is 11.1 Å². The minimum atomic E-state index is -0.386. The van der Waals surface area contributed by atoms with Crippen molar-refractivity contribution in [3.05, 3.63) is 89.5 Å². The van der Waals surface area contributed by atoms with Gasteiger partial charge in [-0.3, -0.25) is 4.79 Å². The third-order valence-corrected chi connectivity index (χ3v) is 6.27. The molecule has 0 unspecified atom stereocenters. The number of carbonyl (C=O) groups excluding carboxylic acids is 1. The van der Waals surface area contributed by atoms with Gasteiger partial charge in [-0.15, -0.1) is 0 Å². The predicted octanol–water partition coefficient (Wildman–Crippen LogP) is 5.71. The Balaban J connectivity index is 1.44. The molecule has 2 nitrogen and oxygen atoms in total. The van der Waals surface area contributed by atoms with Crippen molar-refractivity contribution in [3.63, 3.8) is 0 Å². The Kier molecular flexibility index (Phi) is 3.86. The van der Waals surface area contributed by atoms with E-state index in [0.29, 0.717) is 0 Å². The Morgan fingerprint density at radius 2 is 1.48 bits per heavy atom. The topological polar surface area (TPSA) is 29.1 Å². The van der Waals surface area contributed by atoms with Crippen molar-refractivity contribution in [1.29, 1.82) is 0 Å². The Morgan fingerprint density at radius 1 is 0.778 bits per heavy atom. The third-order valence-electron chi connectivity index (χ3n) is 6.27. The highest BCUT2D eigenvalue weighted by Crippen LogP contribution is 2.43. The number of amides is 1. The van der Waals surface area contributed by atoms with Crippen LogP contribution in [0.3, 0.4) is 0 Å². The van der Waals surface area contributed by atoms with Crippen LogP contribution in [0.15, 0.2) is 72.8 Å². The lowest BCUT2D eigenvalue weighted by Gasteiger charge is -2.28. The minimum absolute atomic E-state index is 0.140. The largest absolute Gasteiger partial charge is 0.325 e. The molecular weight excluding hydrogens is 330 g/mol. The molecule has 0 aliphatic heterocycles. The fourth-order valence-electron chi connectivity index (χ4n) is 4.86. The van der Waals surface area contributed by atoms with E-state index in [1.54, 1.807) is 0 Å². The van der Waals surface area contributed by atoms with E-state index >= 15 is 0 Å². The first-order valence-corrected chi connectivity index (χ1v) is 9.84. The highest BCUT2D eigenvalue weighted by atomic mass is 16.2. The van der Waals surface area contributed by atoms with E-state index in [1.165, 1.54) is 22.3 Å². The minimum Gasteiger partial charge on any atom is -0.325 e. The highest BCUT2D eigenvalue weighted by Gasteiger charge is 2.42. The SMILES string of the molecule is O=C(Nc1ccc2c(c1)Cc1ccccc1-2)C1(c2ccccc2)CCCC1. The Morgan fingerprint density at radius 3 is 2.30 bits per heavy atom. The summed E-state index contributed by atoms with van der Waals surface area (Å²) >= 11 is 0. The zero-order chi connectivity index (χ0) is 18.3. The van der Waals surface area contributed by atoms with Crippen LogP contribution in [-0.4, -0.2) is 5.91 Å². The molecule has 3 aromatic carbocycles. The second-order valence-electron chi connectivity index (χ2n) is 7.82. The molecule has 5 rings (SSSR count). The van der Waals surface area contributed by atoms with Crippen molar-refractivity contribution in [2.24, 2.45) is 0 Å². The smallest absolute Gasteiger partial charge is 0.235 e. The maximum atomic E-state index is 13.3. The number of nitrogens with one attached hydrogen (secondary N) is 1. The lowest BCUT2D eigenvalue weighted by atomic mass is 9.78. The van der Waals surface area contributed by atoms with Crippen LogP contribution < -0.4 is 5.32 Å². The fourth-order valence-corrected chi connectivity index (χ4v) is 4.86. The molecule has 27 heavy (non-hydrogen) atoms. The number of anilines is 1. The molecular formula is C25H23NO. The molecule has 1 fully saturated rings. The van der Waals surface area contributed by atoms with Crippen molar-refractivity contribution in [1.82, 2.24) is 0 Å². The molecule has 0 saturated heterocycles. The number of rotatable bonds is 3. The van der Waals surface area contributed by atoms with Crippen LogP contribution in [-0.2, 0) is 16.6 Å². The lowest BCUT2D eigenvalue weighted by Crippen LogP contribution is -2.37. The van der Waals surface area contributed by atoms with Crippen molar-refractivity contribution >= 4 is 11.6 Å². The van der Waals surface area contributed by atoms with Crippen molar-refractivity contribution in [2.45, 2.75) is 37.5 Å². The van der Waals surface area contributed by atoms with Gasteiger partial charge < -0.3 is 5.32 Å². The summed E-state index contributed by atoms with van der Waals surface area (Å²) in [7, 11) is 0. The Bertz CT molecular complexity index is 1000. The molecule has 0 radical (unpaired) electrons. The average Bonchev–Trinajstić information content (AvgIpc) is 3.34. The molecule has 2 aliphatic carbocycles. The summed E-state index contributed by atoms with van der Waals surface area (Å²) in [6.07, 6.45) is 5.03. The van der Waals surface area contributed by atoms with Gasteiger partial charge in [0.2, 0.25) is 5.91 Å². The van der Waals surface area contributed by atoms with Gasteiger partial charge in [0.1, 0.15) is 0 Å². The zero-order valence-corrected chi connectivity index (χ0v) is 15.4.